The molecule has 240 valence electrons. The van der Waals surface area contributed by atoms with Crippen molar-refractivity contribution >= 4 is 64.4 Å². The van der Waals surface area contributed by atoms with Crippen LogP contribution in [0.1, 0.15) is 0 Å². The van der Waals surface area contributed by atoms with Crippen LogP contribution in [-0.2, 0) is 9.84 Å². The second-order valence-corrected chi connectivity index (χ2v) is 14.9. The van der Waals surface area contributed by atoms with Gasteiger partial charge in [-0.25, -0.2) is 13.4 Å². The molecule has 8 aromatic carbocycles. The van der Waals surface area contributed by atoms with E-state index < -0.39 is 9.84 Å². The third-order valence-electron chi connectivity index (χ3n) is 10.3. The smallest absolute Gasteiger partial charge is 0.211 e. The quantitative estimate of drug-likeness (QED) is 0.175. The number of imidazole rings is 1. The first-order valence-electron chi connectivity index (χ1n) is 16.9. The van der Waals surface area contributed by atoms with Gasteiger partial charge in [0.1, 0.15) is 21.9 Å². The van der Waals surface area contributed by atoms with Gasteiger partial charge >= 0.3 is 0 Å². The van der Waals surface area contributed by atoms with Gasteiger partial charge in [-0.05, 0) is 74.6 Å². The van der Waals surface area contributed by atoms with E-state index in [2.05, 4.69) is 48.5 Å². The molecule has 0 atom stereocenters. The SMILES string of the molecule is O=S1(=O)c2c(-c3c4ccccc4c(-c4ccc5c(c4)oc4ccccc45)c4ccccc34)cccc2-n2c(-c3ccccc3)nc3cccc1c32. The Morgan fingerprint density at radius 2 is 1.14 bits per heavy atom. The van der Waals surface area contributed by atoms with Crippen molar-refractivity contribution in [1.82, 2.24) is 9.55 Å². The maximum atomic E-state index is 14.9. The molecule has 0 spiro atoms. The lowest BCUT2D eigenvalue weighted by Crippen LogP contribution is -2.16. The first-order valence-corrected chi connectivity index (χ1v) is 18.4. The van der Waals surface area contributed by atoms with Gasteiger partial charge < -0.3 is 4.42 Å². The molecule has 51 heavy (non-hydrogen) atoms. The van der Waals surface area contributed by atoms with E-state index in [4.69, 9.17) is 9.40 Å². The zero-order chi connectivity index (χ0) is 33.8. The van der Waals surface area contributed by atoms with Crippen molar-refractivity contribution in [3.63, 3.8) is 0 Å². The minimum atomic E-state index is -3.97. The standard InChI is InChI=1S/C45H26N2O3S/c48-51(49)40-23-11-20-36-43(40)47(45(46-36)27-12-2-1-3-13-27)37-21-10-19-35(44(37)51)42-33-17-6-4-15-31(33)41(32-16-5-7-18-34(32)42)28-24-25-30-29-14-8-9-22-38(29)50-39(30)26-28/h1-26H. The van der Waals surface area contributed by atoms with Crippen LogP contribution in [-0.4, -0.2) is 18.0 Å². The van der Waals surface area contributed by atoms with E-state index >= 15 is 0 Å². The van der Waals surface area contributed by atoms with Crippen LogP contribution in [0.2, 0.25) is 0 Å². The fraction of sp³-hybridized carbons (Fsp3) is 0. The highest BCUT2D eigenvalue weighted by Crippen LogP contribution is 2.50. The minimum Gasteiger partial charge on any atom is -0.456 e. The topological polar surface area (TPSA) is 65.1 Å². The molecule has 11 rings (SSSR count). The Labute approximate surface area is 292 Å². The molecule has 10 aromatic rings. The maximum Gasteiger partial charge on any atom is 0.211 e. The Balaban J connectivity index is 1.24. The largest absolute Gasteiger partial charge is 0.456 e. The van der Waals surface area contributed by atoms with E-state index in [9.17, 15) is 8.42 Å². The molecule has 0 unspecified atom stereocenters. The summed E-state index contributed by atoms with van der Waals surface area (Å²) in [4.78, 5) is 5.54. The highest BCUT2D eigenvalue weighted by molar-refractivity contribution is 7.92. The van der Waals surface area contributed by atoms with Gasteiger partial charge in [-0.15, -0.1) is 0 Å². The van der Waals surface area contributed by atoms with Crippen LogP contribution < -0.4 is 0 Å². The molecule has 5 nitrogen and oxygen atoms in total. The first-order chi connectivity index (χ1) is 25.1. The molecule has 0 saturated carbocycles. The normalized spacial score (nSPS) is 13.4. The number of fused-ring (bicyclic) bond motifs is 7. The Morgan fingerprint density at radius 3 is 1.88 bits per heavy atom. The van der Waals surface area contributed by atoms with Crippen molar-refractivity contribution in [3.8, 4) is 39.3 Å². The molecular formula is C45H26N2O3S. The number of aromatic nitrogens is 2. The molecule has 0 fully saturated rings. The van der Waals surface area contributed by atoms with Crippen molar-refractivity contribution in [2.24, 2.45) is 0 Å². The van der Waals surface area contributed by atoms with Gasteiger partial charge in [0.15, 0.2) is 0 Å². The molecule has 6 heteroatoms. The van der Waals surface area contributed by atoms with Crippen molar-refractivity contribution in [1.29, 1.82) is 0 Å². The summed E-state index contributed by atoms with van der Waals surface area (Å²) in [5.74, 6) is 0.706. The summed E-state index contributed by atoms with van der Waals surface area (Å²) < 4.78 is 38.2. The Kier molecular flexibility index (Phi) is 5.70. The number of hydrogen-bond donors (Lipinski definition) is 0. The molecule has 0 aliphatic carbocycles. The molecule has 3 heterocycles. The van der Waals surface area contributed by atoms with Crippen LogP contribution in [0.25, 0.3) is 93.8 Å². The van der Waals surface area contributed by atoms with Crippen molar-refractivity contribution < 1.29 is 12.8 Å². The second-order valence-electron chi connectivity index (χ2n) is 13.1. The van der Waals surface area contributed by atoms with E-state index in [1.165, 1.54) is 0 Å². The van der Waals surface area contributed by atoms with Crippen molar-refractivity contribution in [2.75, 3.05) is 0 Å². The highest BCUT2D eigenvalue weighted by atomic mass is 32.2. The third kappa shape index (κ3) is 3.85. The summed E-state index contributed by atoms with van der Waals surface area (Å²) in [6.45, 7) is 0. The van der Waals surface area contributed by atoms with E-state index in [0.29, 0.717) is 28.1 Å². The first kappa shape index (κ1) is 28.3. The van der Waals surface area contributed by atoms with E-state index in [1.807, 2.05) is 102 Å². The van der Waals surface area contributed by atoms with E-state index in [-0.39, 0.29) is 9.79 Å². The van der Waals surface area contributed by atoms with Gasteiger partial charge in [0, 0.05) is 21.9 Å². The summed E-state index contributed by atoms with van der Waals surface area (Å²) in [6.07, 6.45) is 0. The third-order valence-corrected chi connectivity index (χ3v) is 12.2. The number of sulfone groups is 1. The zero-order valence-corrected chi connectivity index (χ0v) is 27.9. The van der Waals surface area contributed by atoms with Gasteiger partial charge in [0.25, 0.3) is 0 Å². The number of hydrogen-bond acceptors (Lipinski definition) is 4. The summed E-state index contributed by atoms with van der Waals surface area (Å²) in [7, 11) is -3.97. The molecule has 0 N–H and O–H groups in total. The second kappa shape index (κ2) is 10.3. The molecule has 0 radical (unpaired) electrons. The van der Waals surface area contributed by atoms with Crippen LogP contribution in [0.3, 0.4) is 0 Å². The average Bonchev–Trinajstić information content (AvgIpc) is 3.75. The maximum absolute atomic E-state index is 14.9. The number of nitrogens with zero attached hydrogens (tertiary/aromatic N) is 2. The Bertz CT molecular complexity index is 3150. The lowest BCUT2D eigenvalue weighted by Gasteiger charge is -2.25. The fourth-order valence-electron chi connectivity index (χ4n) is 8.23. The number of para-hydroxylation sites is 2. The van der Waals surface area contributed by atoms with E-state index in [1.54, 1.807) is 12.1 Å². The highest BCUT2D eigenvalue weighted by Gasteiger charge is 2.36. The van der Waals surface area contributed by atoms with Crippen LogP contribution in [0.15, 0.2) is 172 Å². The molecular weight excluding hydrogens is 649 g/mol. The van der Waals surface area contributed by atoms with E-state index in [0.717, 1.165) is 65.7 Å². The van der Waals surface area contributed by atoms with Gasteiger partial charge in [-0.2, -0.15) is 0 Å². The fourth-order valence-corrected chi connectivity index (χ4v) is 10.1. The van der Waals surface area contributed by atoms with Gasteiger partial charge in [0.2, 0.25) is 9.84 Å². The summed E-state index contributed by atoms with van der Waals surface area (Å²) in [5, 5.41) is 6.16. The molecule has 1 aliphatic heterocycles. The average molecular weight is 675 g/mol. The Morgan fingerprint density at radius 1 is 0.510 bits per heavy atom. The molecule has 0 bridgehead atoms. The van der Waals surface area contributed by atoms with Crippen molar-refractivity contribution in [3.05, 3.63) is 158 Å². The minimum absolute atomic E-state index is 0.263. The van der Waals surface area contributed by atoms with Crippen molar-refractivity contribution in [2.45, 2.75) is 9.79 Å². The van der Waals surface area contributed by atoms with Crippen LogP contribution in [0, 0.1) is 0 Å². The zero-order valence-electron chi connectivity index (χ0n) is 27.0. The summed E-state index contributed by atoms with van der Waals surface area (Å²) in [5.41, 5.74) is 8.10. The number of furan rings is 1. The number of rotatable bonds is 3. The predicted molar refractivity (Wildman–Crippen MR) is 205 cm³/mol. The summed E-state index contributed by atoms with van der Waals surface area (Å²) >= 11 is 0. The van der Waals surface area contributed by atoms with Crippen LogP contribution >= 0.6 is 0 Å². The molecule has 0 saturated heterocycles. The van der Waals surface area contributed by atoms with Crippen LogP contribution in [0.5, 0.6) is 0 Å². The molecule has 2 aromatic heterocycles. The van der Waals surface area contributed by atoms with Gasteiger partial charge in [0.05, 0.1) is 21.6 Å². The lowest BCUT2D eigenvalue weighted by atomic mass is 9.85. The van der Waals surface area contributed by atoms with Gasteiger partial charge in [-0.3, -0.25) is 4.57 Å². The lowest BCUT2D eigenvalue weighted by molar-refractivity contribution is 0.595. The molecule has 1 aliphatic rings. The predicted octanol–water partition coefficient (Wildman–Crippen LogP) is 11.4. The number of benzene rings is 8. The van der Waals surface area contributed by atoms with Gasteiger partial charge in [-0.1, -0.05) is 121 Å². The van der Waals surface area contributed by atoms with Crippen LogP contribution in [0.4, 0.5) is 0 Å². The molecule has 0 amide bonds. The summed E-state index contributed by atoms with van der Waals surface area (Å²) in [6, 6.07) is 52.3. The Hall–Kier alpha value is -6.50. The monoisotopic (exact) mass is 674 g/mol.